The van der Waals surface area contributed by atoms with Crippen LogP contribution in [0, 0.1) is 0 Å². The third kappa shape index (κ3) is 6.02. The molecule has 1 heterocycles. The first-order valence-electron chi connectivity index (χ1n) is 6.64. The van der Waals surface area contributed by atoms with Crippen LogP contribution in [0.4, 0.5) is 0 Å². The molecule has 1 aromatic rings. The monoisotopic (exact) mass is 284 g/mol. The minimum Gasteiger partial charge on any atom is -0.380 e. The molecule has 0 aromatic carbocycles. The Labute approximate surface area is 119 Å². The lowest BCUT2D eigenvalue weighted by Crippen LogP contribution is -2.38. The lowest BCUT2D eigenvalue weighted by Gasteiger charge is -2.10. The van der Waals surface area contributed by atoms with Gasteiger partial charge in [-0.15, -0.1) is 11.3 Å². The van der Waals surface area contributed by atoms with Crippen molar-refractivity contribution in [2.24, 2.45) is 4.99 Å². The van der Waals surface area contributed by atoms with Gasteiger partial charge in [-0.3, -0.25) is 4.99 Å². The van der Waals surface area contributed by atoms with E-state index in [1.165, 1.54) is 0 Å². The normalized spacial score (nSPS) is 11.9. The van der Waals surface area contributed by atoms with Crippen LogP contribution < -0.4 is 10.6 Å². The van der Waals surface area contributed by atoms with Gasteiger partial charge in [-0.1, -0.05) is 13.8 Å². The molecule has 1 rings (SSSR count). The lowest BCUT2D eigenvalue weighted by atomic mass is 10.2. The maximum absolute atomic E-state index is 5.27. The van der Waals surface area contributed by atoms with Crippen molar-refractivity contribution in [2.75, 3.05) is 26.8 Å². The second-order valence-electron chi connectivity index (χ2n) is 4.37. The number of guanidine groups is 1. The molecule has 0 saturated heterocycles. The molecule has 0 radical (unpaired) electrons. The van der Waals surface area contributed by atoms with Crippen LogP contribution in [0.25, 0.3) is 0 Å². The van der Waals surface area contributed by atoms with Gasteiger partial charge in [0.25, 0.3) is 0 Å². The number of rotatable bonds is 7. The number of nitrogens with one attached hydrogen (secondary N) is 2. The van der Waals surface area contributed by atoms with Crippen LogP contribution in [0.1, 0.15) is 37.4 Å². The highest BCUT2D eigenvalue weighted by molar-refractivity contribution is 7.09. The Morgan fingerprint density at radius 1 is 1.47 bits per heavy atom. The molecule has 0 saturated carbocycles. The molecule has 0 atom stereocenters. The van der Waals surface area contributed by atoms with Crippen molar-refractivity contribution in [2.45, 2.75) is 33.2 Å². The molecule has 0 bridgehead atoms. The van der Waals surface area contributed by atoms with Crippen LogP contribution in [0.5, 0.6) is 0 Å². The van der Waals surface area contributed by atoms with E-state index >= 15 is 0 Å². The summed E-state index contributed by atoms with van der Waals surface area (Å²) in [5.41, 5.74) is 1.15. The molecule has 0 amide bonds. The highest BCUT2D eigenvalue weighted by atomic mass is 32.1. The molecule has 0 aliphatic heterocycles. The number of nitrogens with zero attached hydrogens (tertiary/aromatic N) is 2. The largest absolute Gasteiger partial charge is 0.380 e. The van der Waals surface area contributed by atoms with Crippen LogP contribution in [0.15, 0.2) is 10.4 Å². The highest BCUT2D eigenvalue weighted by Gasteiger charge is 2.06. The molecule has 19 heavy (non-hydrogen) atoms. The van der Waals surface area contributed by atoms with E-state index in [2.05, 4.69) is 39.8 Å². The van der Waals surface area contributed by atoms with Crippen molar-refractivity contribution < 1.29 is 4.74 Å². The predicted octanol–water partition coefficient (Wildman–Crippen LogP) is 1.97. The van der Waals surface area contributed by atoms with E-state index in [0.717, 1.165) is 29.8 Å². The van der Waals surface area contributed by atoms with Crippen LogP contribution in [0.2, 0.25) is 0 Å². The van der Waals surface area contributed by atoms with E-state index in [9.17, 15) is 0 Å². The summed E-state index contributed by atoms with van der Waals surface area (Å²) < 4.78 is 5.27. The van der Waals surface area contributed by atoms with Gasteiger partial charge in [0.2, 0.25) is 0 Å². The molecule has 0 fully saturated rings. The van der Waals surface area contributed by atoms with E-state index in [1.54, 1.807) is 18.4 Å². The van der Waals surface area contributed by atoms with Gasteiger partial charge in [0.1, 0.15) is 5.01 Å². The first kappa shape index (κ1) is 15.9. The van der Waals surface area contributed by atoms with Crippen LogP contribution in [-0.2, 0) is 11.3 Å². The quantitative estimate of drug-likeness (QED) is 0.456. The second kappa shape index (κ2) is 8.87. The van der Waals surface area contributed by atoms with E-state index in [0.29, 0.717) is 19.1 Å². The highest BCUT2D eigenvalue weighted by Crippen LogP contribution is 2.17. The van der Waals surface area contributed by atoms with Gasteiger partial charge in [0, 0.05) is 25.6 Å². The Morgan fingerprint density at radius 3 is 2.84 bits per heavy atom. The zero-order valence-corrected chi connectivity index (χ0v) is 13.0. The summed E-state index contributed by atoms with van der Waals surface area (Å²) in [4.78, 5) is 8.73. The van der Waals surface area contributed by atoms with Gasteiger partial charge < -0.3 is 15.4 Å². The fourth-order valence-corrected chi connectivity index (χ4v) is 2.33. The van der Waals surface area contributed by atoms with Gasteiger partial charge in [-0.2, -0.15) is 0 Å². The van der Waals surface area contributed by atoms with Gasteiger partial charge in [-0.25, -0.2) is 4.98 Å². The van der Waals surface area contributed by atoms with Crippen molar-refractivity contribution >= 4 is 17.3 Å². The summed E-state index contributed by atoms with van der Waals surface area (Å²) in [7, 11) is 1.76. The Bertz CT molecular complexity index is 390. The second-order valence-corrected chi connectivity index (χ2v) is 5.31. The fraction of sp³-hybridized carbons (Fsp3) is 0.692. The maximum atomic E-state index is 5.27. The minimum atomic E-state index is 0.480. The van der Waals surface area contributed by atoms with Gasteiger partial charge in [-0.05, 0) is 12.8 Å². The molecular weight excluding hydrogens is 260 g/mol. The zero-order chi connectivity index (χ0) is 14.1. The molecule has 108 valence electrons. The van der Waals surface area contributed by atoms with E-state index < -0.39 is 0 Å². The smallest absolute Gasteiger partial charge is 0.191 e. The number of aliphatic imine (C=N–C) groups is 1. The molecule has 1 aromatic heterocycles. The third-order valence-electron chi connectivity index (χ3n) is 2.53. The molecular formula is C13H24N4OS. The summed E-state index contributed by atoms with van der Waals surface area (Å²) in [6.45, 7) is 9.17. The summed E-state index contributed by atoms with van der Waals surface area (Å²) >= 11 is 1.68. The Morgan fingerprint density at radius 2 is 2.26 bits per heavy atom. The van der Waals surface area contributed by atoms with Crippen LogP contribution in [-0.4, -0.2) is 37.7 Å². The average molecular weight is 284 g/mol. The van der Waals surface area contributed by atoms with Gasteiger partial charge >= 0.3 is 0 Å². The molecule has 0 aliphatic carbocycles. The summed E-state index contributed by atoms with van der Waals surface area (Å²) in [6.07, 6.45) is 0. The molecule has 0 unspecified atom stereocenters. The van der Waals surface area contributed by atoms with Crippen molar-refractivity contribution in [3.05, 3.63) is 16.1 Å². The van der Waals surface area contributed by atoms with Crippen molar-refractivity contribution in [1.29, 1.82) is 0 Å². The predicted molar refractivity (Wildman–Crippen MR) is 80.9 cm³/mol. The lowest BCUT2D eigenvalue weighted by molar-refractivity contribution is 0.152. The van der Waals surface area contributed by atoms with Gasteiger partial charge in [0.15, 0.2) is 5.96 Å². The minimum absolute atomic E-state index is 0.480. The molecule has 0 aliphatic rings. The van der Waals surface area contributed by atoms with Crippen molar-refractivity contribution in [1.82, 2.24) is 15.6 Å². The standard InChI is InChI=1S/C13H24N4OS/c1-5-18-7-6-15-13(14-4)16-8-12-17-11(9-19-12)10(2)3/h9-10H,5-8H2,1-4H3,(H2,14,15,16). The molecule has 5 nitrogen and oxygen atoms in total. The van der Waals surface area contributed by atoms with Gasteiger partial charge in [0.05, 0.1) is 18.8 Å². The maximum Gasteiger partial charge on any atom is 0.191 e. The zero-order valence-electron chi connectivity index (χ0n) is 12.2. The first-order valence-corrected chi connectivity index (χ1v) is 7.51. The van der Waals surface area contributed by atoms with Crippen molar-refractivity contribution in [3.8, 4) is 0 Å². The van der Waals surface area contributed by atoms with E-state index in [1.807, 2.05) is 6.92 Å². The summed E-state index contributed by atoms with van der Waals surface area (Å²) in [5, 5.41) is 9.64. The number of hydrogen-bond donors (Lipinski definition) is 2. The van der Waals surface area contributed by atoms with Crippen LogP contribution >= 0.6 is 11.3 Å². The Kier molecular flexibility index (Phi) is 7.43. The molecule has 0 spiro atoms. The van der Waals surface area contributed by atoms with Crippen LogP contribution in [0.3, 0.4) is 0 Å². The first-order chi connectivity index (χ1) is 9.17. The Balaban J connectivity index is 2.32. The number of thiazole rings is 1. The average Bonchev–Trinajstić information content (AvgIpc) is 2.87. The van der Waals surface area contributed by atoms with E-state index in [-0.39, 0.29) is 0 Å². The number of hydrogen-bond acceptors (Lipinski definition) is 4. The Hall–Kier alpha value is -1.14. The SMILES string of the molecule is CCOCCNC(=NC)NCc1nc(C(C)C)cs1. The molecule has 2 N–H and O–H groups in total. The number of ether oxygens (including phenoxy) is 1. The summed E-state index contributed by atoms with van der Waals surface area (Å²) in [5.74, 6) is 1.26. The third-order valence-corrected chi connectivity index (χ3v) is 3.40. The topological polar surface area (TPSA) is 58.5 Å². The van der Waals surface area contributed by atoms with E-state index in [4.69, 9.17) is 4.74 Å². The van der Waals surface area contributed by atoms with Crippen molar-refractivity contribution in [3.63, 3.8) is 0 Å². The summed E-state index contributed by atoms with van der Waals surface area (Å²) in [6, 6.07) is 0. The number of aromatic nitrogens is 1. The fourth-order valence-electron chi connectivity index (χ4n) is 1.44. The molecule has 6 heteroatoms.